The molecule has 0 unspecified atom stereocenters. The number of thioether (sulfide) groups is 1. The molecule has 1 N–H and O–H groups in total. The van der Waals surface area contributed by atoms with Crippen molar-refractivity contribution < 1.29 is 22.4 Å². The maximum absolute atomic E-state index is 12.7. The largest absolute Gasteiger partial charge is 0.433 e. The zero-order chi connectivity index (χ0) is 16.3. The summed E-state index contributed by atoms with van der Waals surface area (Å²) in [5, 5.41) is -0.310. The molecular weight excluding hydrogens is 324 g/mol. The molecule has 2 aromatic rings. The van der Waals surface area contributed by atoms with Gasteiger partial charge < -0.3 is 4.98 Å². The van der Waals surface area contributed by atoms with E-state index in [4.69, 9.17) is 0 Å². The minimum atomic E-state index is -4.75. The van der Waals surface area contributed by atoms with Gasteiger partial charge in [0.15, 0.2) is 16.6 Å². The Kier molecular flexibility index (Phi) is 4.65. The Morgan fingerprint density at radius 2 is 1.86 bits per heavy atom. The van der Waals surface area contributed by atoms with Gasteiger partial charge in [-0.15, -0.1) is 0 Å². The van der Waals surface area contributed by atoms with Crippen LogP contribution in [0.15, 0.2) is 40.3 Å². The number of halogens is 4. The number of ketones is 1. The van der Waals surface area contributed by atoms with Gasteiger partial charge in [-0.1, -0.05) is 11.8 Å². The molecule has 116 valence electrons. The van der Waals surface area contributed by atoms with Crippen LogP contribution in [-0.2, 0) is 6.18 Å². The fraction of sp³-hybridized carbons (Fsp3) is 0.154. The molecule has 4 nitrogen and oxygen atoms in total. The maximum Gasteiger partial charge on any atom is 0.433 e. The van der Waals surface area contributed by atoms with Crippen LogP contribution >= 0.6 is 11.8 Å². The number of aromatic amines is 1. The van der Waals surface area contributed by atoms with Crippen LogP contribution < -0.4 is 5.56 Å². The lowest BCUT2D eigenvalue weighted by Crippen LogP contribution is -2.17. The van der Waals surface area contributed by atoms with Gasteiger partial charge >= 0.3 is 6.18 Å². The molecular formula is C13H8F4N2O2S. The summed E-state index contributed by atoms with van der Waals surface area (Å²) in [6.45, 7) is 0. The maximum atomic E-state index is 12.7. The van der Waals surface area contributed by atoms with E-state index < -0.39 is 29.0 Å². The molecule has 0 fully saturated rings. The lowest BCUT2D eigenvalue weighted by atomic mass is 10.1. The molecule has 0 spiro atoms. The quantitative estimate of drug-likeness (QED) is 0.405. The van der Waals surface area contributed by atoms with E-state index in [2.05, 4.69) is 9.97 Å². The van der Waals surface area contributed by atoms with Crippen molar-refractivity contribution >= 4 is 17.5 Å². The van der Waals surface area contributed by atoms with Gasteiger partial charge in [0.1, 0.15) is 5.82 Å². The minimum Gasteiger partial charge on any atom is -0.301 e. The van der Waals surface area contributed by atoms with Crippen LogP contribution in [0.4, 0.5) is 17.6 Å². The fourth-order valence-corrected chi connectivity index (χ4v) is 2.27. The number of hydrogen-bond donors (Lipinski definition) is 1. The van der Waals surface area contributed by atoms with Crippen molar-refractivity contribution in [1.82, 2.24) is 9.97 Å². The normalized spacial score (nSPS) is 11.5. The van der Waals surface area contributed by atoms with E-state index in [1.54, 1.807) is 0 Å². The second-order valence-electron chi connectivity index (χ2n) is 4.15. The van der Waals surface area contributed by atoms with Gasteiger partial charge in [-0.25, -0.2) is 9.37 Å². The number of carbonyl (C=O) groups is 1. The number of nitrogens with one attached hydrogen (secondary N) is 1. The highest BCUT2D eigenvalue weighted by molar-refractivity contribution is 7.99. The molecule has 0 atom stereocenters. The highest BCUT2D eigenvalue weighted by Crippen LogP contribution is 2.27. The predicted molar refractivity (Wildman–Crippen MR) is 71.3 cm³/mol. The molecule has 1 aromatic carbocycles. The molecule has 0 saturated carbocycles. The summed E-state index contributed by atoms with van der Waals surface area (Å²) in [6.07, 6.45) is -4.75. The SMILES string of the molecule is O=C(CSc1nc(C(F)(F)F)cc(=O)[nH]1)c1ccc(F)cc1. The van der Waals surface area contributed by atoms with Crippen LogP contribution in [0.25, 0.3) is 0 Å². The second kappa shape index (κ2) is 6.30. The van der Waals surface area contributed by atoms with Crippen molar-refractivity contribution in [2.75, 3.05) is 5.75 Å². The van der Waals surface area contributed by atoms with Crippen LogP contribution in [0.2, 0.25) is 0 Å². The summed E-state index contributed by atoms with van der Waals surface area (Å²) in [7, 11) is 0. The zero-order valence-corrected chi connectivity index (χ0v) is 11.6. The Morgan fingerprint density at radius 1 is 1.23 bits per heavy atom. The number of rotatable bonds is 4. The summed E-state index contributed by atoms with van der Waals surface area (Å²) in [5.41, 5.74) is -2.07. The van der Waals surface area contributed by atoms with Crippen molar-refractivity contribution in [2.45, 2.75) is 11.3 Å². The zero-order valence-electron chi connectivity index (χ0n) is 10.8. The first-order valence-electron chi connectivity index (χ1n) is 5.86. The van der Waals surface area contributed by atoms with Gasteiger partial charge in [-0.3, -0.25) is 9.59 Å². The molecule has 0 bridgehead atoms. The monoisotopic (exact) mass is 332 g/mol. The third-order valence-electron chi connectivity index (χ3n) is 2.52. The average molecular weight is 332 g/mol. The number of nitrogens with zero attached hydrogens (tertiary/aromatic N) is 1. The smallest absolute Gasteiger partial charge is 0.301 e. The van der Waals surface area contributed by atoms with Gasteiger partial charge in [0.2, 0.25) is 0 Å². The van der Waals surface area contributed by atoms with Crippen molar-refractivity contribution in [3.63, 3.8) is 0 Å². The number of H-pyrrole nitrogens is 1. The molecule has 0 amide bonds. The molecule has 0 aliphatic heterocycles. The summed E-state index contributed by atoms with van der Waals surface area (Å²) in [5.74, 6) is -1.17. The van der Waals surface area contributed by atoms with Crippen molar-refractivity contribution in [2.24, 2.45) is 0 Å². The van der Waals surface area contributed by atoms with E-state index in [1.165, 1.54) is 12.1 Å². The van der Waals surface area contributed by atoms with E-state index >= 15 is 0 Å². The minimum absolute atomic E-state index is 0.211. The van der Waals surface area contributed by atoms with Gasteiger partial charge in [-0.05, 0) is 24.3 Å². The van der Waals surface area contributed by atoms with Crippen molar-refractivity contribution in [3.8, 4) is 0 Å². The van der Waals surface area contributed by atoms with Gasteiger partial charge in [-0.2, -0.15) is 13.2 Å². The number of hydrogen-bond acceptors (Lipinski definition) is 4. The van der Waals surface area contributed by atoms with Gasteiger partial charge in [0.25, 0.3) is 5.56 Å². The van der Waals surface area contributed by atoms with Crippen LogP contribution in [0.3, 0.4) is 0 Å². The molecule has 22 heavy (non-hydrogen) atoms. The van der Waals surface area contributed by atoms with Crippen LogP contribution in [0, 0.1) is 5.82 Å². The van der Waals surface area contributed by atoms with E-state index in [0.717, 1.165) is 12.1 Å². The molecule has 0 aliphatic carbocycles. The topological polar surface area (TPSA) is 62.8 Å². The molecule has 9 heteroatoms. The lowest BCUT2D eigenvalue weighted by Gasteiger charge is -2.06. The number of Topliss-reactive ketones (excluding diaryl/α,β-unsaturated/α-hetero) is 1. The summed E-state index contributed by atoms with van der Waals surface area (Å²) >= 11 is 0.662. The Hall–Kier alpha value is -2.16. The first-order chi connectivity index (χ1) is 10.3. The first-order valence-corrected chi connectivity index (χ1v) is 6.84. The summed E-state index contributed by atoms with van der Waals surface area (Å²) < 4.78 is 50.3. The Morgan fingerprint density at radius 3 is 2.45 bits per heavy atom. The summed E-state index contributed by atoms with van der Waals surface area (Å²) in [4.78, 5) is 28.4. The first kappa shape index (κ1) is 16.2. The standard InChI is InChI=1S/C13H8F4N2O2S/c14-8-3-1-7(2-4-8)9(20)6-22-12-18-10(13(15,16)17)5-11(21)19-12/h1-5H,6H2,(H,18,19,21). The highest BCUT2D eigenvalue weighted by atomic mass is 32.2. The average Bonchev–Trinajstić information content (AvgIpc) is 2.44. The Bertz CT molecular complexity index is 741. The van der Waals surface area contributed by atoms with Crippen molar-refractivity contribution in [1.29, 1.82) is 0 Å². The highest BCUT2D eigenvalue weighted by Gasteiger charge is 2.33. The van der Waals surface area contributed by atoms with E-state index in [0.29, 0.717) is 17.8 Å². The molecule has 1 aromatic heterocycles. The molecule has 0 saturated heterocycles. The van der Waals surface area contributed by atoms with E-state index in [9.17, 15) is 27.2 Å². The number of carbonyl (C=O) groups excluding carboxylic acids is 1. The lowest BCUT2D eigenvalue weighted by molar-refractivity contribution is -0.141. The Labute approximate surface area is 125 Å². The molecule has 2 rings (SSSR count). The number of aromatic nitrogens is 2. The van der Waals surface area contributed by atoms with Crippen LogP contribution in [0.5, 0.6) is 0 Å². The number of benzene rings is 1. The second-order valence-corrected chi connectivity index (χ2v) is 5.12. The fourth-order valence-electron chi connectivity index (χ4n) is 1.50. The van der Waals surface area contributed by atoms with Gasteiger partial charge in [0, 0.05) is 11.6 Å². The van der Waals surface area contributed by atoms with Crippen LogP contribution in [-0.4, -0.2) is 21.5 Å². The third-order valence-corrected chi connectivity index (χ3v) is 3.39. The van der Waals surface area contributed by atoms with E-state index in [-0.39, 0.29) is 16.5 Å². The van der Waals surface area contributed by atoms with Crippen molar-refractivity contribution in [3.05, 3.63) is 57.8 Å². The third kappa shape index (κ3) is 4.17. The molecule has 0 aliphatic rings. The molecule has 1 heterocycles. The molecule has 0 radical (unpaired) electrons. The predicted octanol–water partition coefficient (Wildman–Crippen LogP) is 2.90. The van der Waals surface area contributed by atoms with Gasteiger partial charge in [0.05, 0.1) is 5.75 Å². The summed E-state index contributed by atoms with van der Waals surface area (Å²) in [6, 6.07) is 5.07. The van der Waals surface area contributed by atoms with Crippen LogP contribution in [0.1, 0.15) is 16.1 Å². The number of alkyl halides is 3. The van der Waals surface area contributed by atoms with E-state index in [1.807, 2.05) is 0 Å². The Balaban J connectivity index is 2.11.